The molecule has 1 aromatic carbocycles. The van der Waals surface area contributed by atoms with Crippen LogP contribution in [0.15, 0.2) is 18.2 Å². The van der Waals surface area contributed by atoms with Crippen LogP contribution in [0.3, 0.4) is 0 Å². The van der Waals surface area contributed by atoms with Crippen molar-refractivity contribution < 1.29 is 24.3 Å². The second-order valence-electron chi connectivity index (χ2n) is 8.24. The zero-order chi connectivity index (χ0) is 20.6. The van der Waals surface area contributed by atoms with Crippen LogP contribution in [-0.2, 0) is 23.8 Å². The Morgan fingerprint density at radius 2 is 1.82 bits per heavy atom. The third kappa shape index (κ3) is 7.34. The monoisotopic (exact) mass is 414 g/mol. The van der Waals surface area contributed by atoms with E-state index in [1.807, 2.05) is 0 Å². The zero-order valence-electron chi connectivity index (χ0n) is 17.0. The van der Waals surface area contributed by atoms with Gasteiger partial charge in [-0.2, -0.15) is 19.2 Å². The number of fused-ring (bicyclic) bond motifs is 1. The normalized spacial score (nSPS) is 19.3. The smallest absolute Gasteiger partial charge is 0.394 e. The van der Waals surface area contributed by atoms with Crippen LogP contribution in [0.5, 0.6) is 0 Å². The van der Waals surface area contributed by atoms with E-state index in [-0.39, 0.29) is 19.1 Å². The average Bonchev–Trinajstić information content (AvgIpc) is 2.67. The summed E-state index contributed by atoms with van der Waals surface area (Å²) in [5.41, 5.74) is 9.12. The van der Waals surface area contributed by atoms with Crippen LogP contribution in [-0.4, -0.2) is 38.5 Å². The SMILES string of the molecule is CCCCCCCCc1ccc2c(c1)CC[C@H](C(N)(CO)CO[P+](O)(O)O)C2. The van der Waals surface area contributed by atoms with Crippen molar-refractivity contribution >= 4 is 8.17 Å². The van der Waals surface area contributed by atoms with E-state index in [0.717, 1.165) is 19.3 Å². The number of benzene rings is 1. The Morgan fingerprint density at radius 1 is 1.11 bits per heavy atom. The molecule has 1 aliphatic rings. The first-order valence-corrected chi connectivity index (χ1v) is 12.1. The predicted molar refractivity (Wildman–Crippen MR) is 113 cm³/mol. The zero-order valence-corrected chi connectivity index (χ0v) is 17.9. The second-order valence-corrected chi connectivity index (χ2v) is 9.52. The molecule has 1 aliphatic carbocycles. The van der Waals surface area contributed by atoms with Crippen LogP contribution >= 0.6 is 8.17 Å². The molecule has 7 heteroatoms. The van der Waals surface area contributed by atoms with Gasteiger partial charge in [-0.05, 0) is 54.7 Å². The molecule has 0 saturated carbocycles. The van der Waals surface area contributed by atoms with Crippen molar-refractivity contribution in [2.75, 3.05) is 13.2 Å². The molecule has 0 heterocycles. The summed E-state index contributed by atoms with van der Waals surface area (Å²) in [5.74, 6) is -0.0547. The average molecular weight is 415 g/mol. The minimum absolute atomic E-state index is 0.0547. The molecule has 0 radical (unpaired) electrons. The first-order valence-electron chi connectivity index (χ1n) is 10.5. The van der Waals surface area contributed by atoms with E-state index in [4.69, 9.17) is 24.9 Å². The lowest BCUT2D eigenvalue weighted by Crippen LogP contribution is -2.55. The van der Waals surface area contributed by atoms with Gasteiger partial charge in [-0.1, -0.05) is 57.2 Å². The lowest BCUT2D eigenvalue weighted by atomic mass is 9.73. The van der Waals surface area contributed by atoms with Gasteiger partial charge < -0.3 is 10.8 Å². The molecule has 0 aliphatic heterocycles. The highest BCUT2D eigenvalue weighted by Crippen LogP contribution is 2.47. The number of aliphatic hydroxyl groups is 1. The summed E-state index contributed by atoms with van der Waals surface area (Å²) in [4.78, 5) is 27.2. The number of nitrogens with two attached hydrogens (primary N) is 1. The van der Waals surface area contributed by atoms with Crippen LogP contribution < -0.4 is 5.73 Å². The molecule has 6 N–H and O–H groups in total. The maximum absolute atomic E-state index is 9.76. The van der Waals surface area contributed by atoms with Gasteiger partial charge >= 0.3 is 8.17 Å². The fourth-order valence-corrected chi connectivity index (χ4v) is 4.48. The van der Waals surface area contributed by atoms with Gasteiger partial charge in [-0.3, -0.25) is 0 Å². The first-order chi connectivity index (χ1) is 13.3. The highest BCUT2D eigenvalue weighted by atomic mass is 31.2. The molecule has 160 valence electrons. The molecule has 28 heavy (non-hydrogen) atoms. The van der Waals surface area contributed by atoms with Crippen molar-refractivity contribution in [3.8, 4) is 0 Å². The number of rotatable bonds is 12. The van der Waals surface area contributed by atoms with Crippen molar-refractivity contribution in [3.05, 3.63) is 34.9 Å². The second kappa shape index (κ2) is 11.0. The summed E-state index contributed by atoms with van der Waals surface area (Å²) in [5, 5.41) is 9.76. The minimum Gasteiger partial charge on any atom is -0.394 e. The summed E-state index contributed by atoms with van der Waals surface area (Å²) in [6.45, 7) is 1.60. The lowest BCUT2D eigenvalue weighted by Gasteiger charge is -2.38. The van der Waals surface area contributed by atoms with Crippen molar-refractivity contribution in [2.45, 2.75) is 76.7 Å². The molecule has 0 saturated heterocycles. The van der Waals surface area contributed by atoms with E-state index in [0.29, 0.717) is 6.42 Å². The predicted octanol–water partition coefficient (Wildman–Crippen LogP) is 3.06. The molecule has 2 atom stereocenters. The Hall–Kier alpha value is -0.590. The number of hydrogen-bond donors (Lipinski definition) is 5. The highest BCUT2D eigenvalue weighted by Gasteiger charge is 2.43. The minimum atomic E-state index is -4.36. The fourth-order valence-electron chi connectivity index (χ4n) is 4.06. The third-order valence-corrected chi connectivity index (χ3v) is 6.41. The maximum Gasteiger partial charge on any atom is 0.567 e. The maximum atomic E-state index is 9.76. The van der Waals surface area contributed by atoms with Crippen molar-refractivity contribution in [2.24, 2.45) is 11.7 Å². The van der Waals surface area contributed by atoms with Crippen LogP contribution in [0.25, 0.3) is 0 Å². The quantitative estimate of drug-likeness (QED) is 0.265. The van der Waals surface area contributed by atoms with Crippen LogP contribution in [0.1, 0.15) is 68.6 Å². The summed E-state index contributed by atoms with van der Waals surface area (Å²) in [6, 6.07) is 6.65. The molecule has 0 spiro atoms. The Morgan fingerprint density at radius 3 is 2.50 bits per heavy atom. The Balaban J connectivity index is 1.90. The van der Waals surface area contributed by atoms with Gasteiger partial charge in [0.1, 0.15) is 6.61 Å². The van der Waals surface area contributed by atoms with E-state index in [9.17, 15) is 5.11 Å². The molecule has 1 unspecified atom stereocenters. The molecule has 2 rings (SSSR count). The van der Waals surface area contributed by atoms with Gasteiger partial charge in [0.2, 0.25) is 0 Å². The van der Waals surface area contributed by atoms with Crippen molar-refractivity contribution in [1.29, 1.82) is 0 Å². The van der Waals surface area contributed by atoms with Gasteiger partial charge in [-0.15, -0.1) is 0 Å². The molecule has 0 amide bonds. The Bertz CT molecular complexity index is 607. The summed E-state index contributed by atoms with van der Waals surface area (Å²) >= 11 is 0. The van der Waals surface area contributed by atoms with Crippen LogP contribution in [0, 0.1) is 5.92 Å². The van der Waals surface area contributed by atoms with Gasteiger partial charge in [0, 0.05) is 0 Å². The largest absolute Gasteiger partial charge is 0.567 e. The molecule has 0 bridgehead atoms. The van der Waals surface area contributed by atoms with Crippen LogP contribution in [0.4, 0.5) is 0 Å². The van der Waals surface area contributed by atoms with E-state index in [2.05, 4.69) is 25.1 Å². The number of hydrogen-bond acceptors (Lipinski definition) is 6. The lowest BCUT2D eigenvalue weighted by molar-refractivity contribution is 0.0537. The standard InChI is InChI=1S/C21H37NO5P/c1-2-3-4-5-6-7-8-17-9-10-19-14-20(12-11-18(19)13-17)21(22,15-23)16-27-28(24,25)26/h9-10,13,20,23-26H,2-8,11-12,14-16,22H2,1H3/q+1/t20-,21?/m0/s1. The number of unbranched alkanes of at least 4 members (excludes halogenated alkanes) is 5. The van der Waals surface area contributed by atoms with E-state index in [1.165, 1.54) is 55.2 Å². The van der Waals surface area contributed by atoms with Gasteiger partial charge in [0.25, 0.3) is 0 Å². The Kier molecular flexibility index (Phi) is 9.29. The summed E-state index contributed by atoms with van der Waals surface area (Å²) in [6.07, 6.45) is 11.3. The molecule has 0 aromatic heterocycles. The summed E-state index contributed by atoms with van der Waals surface area (Å²) < 4.78 is 4.72. The van der Waals surface area contributed by atoms with E-state index >= 15 is 0 Å². The van der Waals surface area contributed by atoms with Gasteiger partial charge in [-0.25, -0.2) is 0 Å². The topological polar surface area (TPSA) is 116 Å². The fraction of sp³-hybridized carbons (Fsp3) is 0.714. The summed E-state index contributed by atoms with van der Waals surface area (Å²) in [7, 11) is -4.36. The first kappa shape index (κ1) is 23.7. The number of aryl methyl sites for hydroxylation is 2. The Labute approximate surface area is 169 Å². The van der Waals surface area contributed by atoms with E-state index < -0.39 is 13.7 Å². The van der Waals surface area contributed by atoms with Gasteiger partial charge in [0.15, 0.2) is 0 Å². The molecule has 6 nitrogen and oxygen atoms in total. The van der Waals surface area contributed by atoms with Crippen molar-refractivity contribution in [3.63, 3.8) is 0 Å². The molecular weight excluding hydrogens is 377 g/mol. The molecular formula is C21H37NO5P+. The van der Waals surface area contributed by atoms with Gasteiger partial charge in [0.05, 0.1) is 12.1 Å². The molecule has 1 aromatic rings. The molecule has 0 fully saturated rings. The highest BCUT2D eigenvalue weighted by molar-refractivity contribution is 7.53. The van der Waals surface area contributed by atoms with Crippen molar-refractivity contribution in [1.82, 2.24) is 0 Å². The third-order valence-electron chi connectivity index (χ3n) is 5.93. The van der Waals surface area contributed by atoms with E-state index in [1.54, 1.807) is 0 Å². The number of aliphatic hydroxyl groups excluding tert-OH is 1. The van der Waals surface area contributed by atoms with Crippen LogP contribution in [0.2, 0.25) is 0 Å².